The summed E-state index contributed by atoms with van der Waals surface area (Å²) in [6, 6.07) is 4.33. The summed E-state index contributed by atoms with van der Waals surface area (Å²) in [5, 5.41) is 12.0. The van der Waals surface area contributed by atoms with Crippen LogP contribution < -0.4 is 5.32 Å². The zero-order chi connectivity index (χ0) is 18.9. The third-order valence-corrected chi connectivity index (χ3v) is 7.72. The summed E-state index contributed by atoms with van der Waals surface area (Å²) in [7, 11) is -3.61. The molecule has 0 radical (unpaired) electrons. The molecule has 2 N–H and O–H groups in total. The predicted molar refractivity (Wildman–Crippen MR) is 96.6 cm³/mol. The third-order valence-electron chi connectivity index (χ3n) is 5.36. The molecule has 1 amide bonds. The highest BCUT2D eigenvalue weighted by atomic mass is 32.2. The number of aliphatic hydroxyl groups excluding tert-OH is 1. The van der Waals surface area contributed by atoms with E-state index in [2.05, 4.69) is 5.32 Å². The highest BCUT2D eigenvalue weighted by Gasteiger charge is 2.42. The van der Waals surface area contributed by atoms with E-state index in [0.717, 1.165) is 12.8 Å². The molecule has 1 aromatic carbocycles. The van der Waals surface area contributed by atoms with Crippen LogP contribution >= 0.6 is 0 Å². The van der Waals surface area contributed by atoms with Crippen LogP contribution in [-0.4, -0.2) is 48.2 Å². The molecule has 26 heavy (non-hydrogen) atoms. The van der Waals surface area contributed by atoms with Gasteiger partial charge in [-0.1, -0.05) is 12.8 Å². The average molecular weight is 384 g/mol. The van der Waals surface area contributed by atoms with Crippen LogP contribution in [0, 0.1) is 18.7 Å². The van der Waals surface area contributed by atoms with Gasteiger partial charge >= 0.3 is 0 Å². The molecule has 1 saturated heterocycles. The molecule has 1 heterocycles. The quantitative estimate of drug-likeness (QED) is 0.832. The Hall–Kier alpha value is -1.51. The first-order chi connectivity index (χ1) is 12.3. The molecule has 2 aliphatic rings. The molecule has 2 unspecified atom stereocenters. The maximum atomic E-state index is 13.3. The van der Waals surface area contributed by atoms with E-state index in [9.17, 15) is 22.7 Å². The minimum absolute atomic E-state index is 0.123. The van der Waals surface area contributed by atoms with Gasteiger partial charge in [-0.3, -0.25) is 4.79 Å². The molecule has 1 aromatic rings. The molecule has 1 aliphatic carbocycles. The summed E-state index contributed by atoms with van der Waals surface area (Å²) < 4.78 is 40.3. The number of aryl methyl sites for hydroxylation is 1. The number of benzene rings is 1. The Labute approximate surface area is 153 Å². The highest BCUT2D eigenvalue weighted by molar-refractivity contribution is 7.89. The van der Waals surface area contributed by atoms with Crippen molar-refractivity contribution in [2.24, 2.45) is 5.92 Å². The number of carbonyl (C=O) groups excluding carboxylic acids is 1. The Balaban J connectivity index is 1.64. The standard InChI is InChI=1S/C18H25FN2O4S/c1-12-10-14(6-7-15(12)19)20-18(23)13-8-9-21(11-13)26(24,25)17-5-3-2-4-16(17)22/h6-7,10,13,16-17,22H,2-5,8-9,11H2,1H3,(H,20,23)/t13-,16?,17?/m0/s1. The van der Waals surface area contributed by atoms with E-state index in [-0.39, 0.29) is 24.8 Å². The fraction of sp³-hybridized carbons (Fsp3) is 0.611. The first kappa shape index (κ1) is 19.3. The van der Waals surface area contributed by atoms with Crippen molar-refractivity contribution in [3.63, 3.8) is 0 Å². The molecule has 0 spiro atoms. The van der Waals surface area contributed by atoms with Crippen molar-refractivity contribution in [3.05, 3.63) is 29.6 Å². The fourth-order valence-corrected chi connectivity index (χ4v) is 5.88. The number of amides is 1. The molecule has 6 nitrogen and oxygen atoms in total. The van der Waals surface area contributed by atoms with Crippen molar-refractivity contribution in [2.45, 2.75) is 50.4 Å². The first-order valence-electron chi connectivity index (χ1n) is 9.03. The second-order valence-electron chi connectivity index (χ2n) is 7.23. The van der Waals surface area contributed by atoms with Crippen molar-refractivity contribution >= 4 is 21.6 Å². The van der Waals surface area contributed by atoms with Gasteiger partial charge in [0.05, 0.1) is 12.0 Å². The Morgan fingerprint density at radius 2 is 2.00 bits per heavy atom. The minimum atomic E-state index is -3.61. The zero-order valence-electron chi connectivity index (χ0n) is 14.8. The van der Waals surface area contributed by atoms with Crippen molar-refractivity contribution in [1.82, 2.24) is 4.31 Å². The molecule has 2 fully saturated rings. The molecular formula is C18H25FN2O4S. The van der Waals surface area contributed by atoms with Gasteiger partial charge in [-0.25, -0.2) is 17.1 Å². The van der Waals surface area contributed by atoms with Crippen LogP contribution in [0.4, 0.5) is 10.1 Å². The molecule has 3 atom stereocenters. The van der Waals surface area contributed by atoms with Crippen LogP contribution in [0.2, 0.25) is 0 Å². The largest absolute Gasteiger partial charge is 0.392 e. The zero-order valence-corrected chi connectivity index (χ0v) is 15.6. The number of rotatable bonds is 4. The van der Waals surface area contributed by atoms with Crippen molar-refractivity contribution in [2.75, 3.05) is 18.4 Å². The molecule has 8 heteroatoms. The van der Waals surface area contributed by atoms with Gasteiger partial charge in [0, 0.05) is 18.8 Å². The monoisotopic (exact) mass is 384 g/mol. The smallest absolute Gasteiger partial charge is 0.228 e. The fourth-order valence-electron chi connectivity index (χ4n) is 3.76. The summed E-state index contributed by atoms with van der Waals surface area (Å²) in [6.07, 6.45) is 2.22. The molecule has 1 aliphatic heterocycles. The van der Waals surface area contributed by atoms with Gasteiger partial charge in [0.15, 0.2) is 0 Å². The van der Waals surface area contributed by atoms with Gasteiger partial charge in [-0.05, 0) is 49.9 Å². The normalized spacial score (nSPS) is 27.4. The summed E-state index contributed by atoms with van der Waals surface area (Å²) in [6.45, 7) is 2.02. The number of nitrogens with zero attached hydrogens (tertiary/aromatic N) is 1. The predicted octanol–water partition coefficient (Wildman–Crippen LogP) is 2.03. The number of halogens is 1. The van der Waals surface area contributed by atoms with E-state index >= 15 is 0 Å². The first-order valence-corrected chi connectivity index (χ1v) is 10.5. The van der Waals surface area contributed by atoms with Gasteiger partial charge in [-0.15, -0.1) is 0 Å². The average Bonchev–Trinajstić information content (AvgIpc) is 3.09. The van der Waals surface area contributed by atoms with E-state index in [1.165, 1.54) is 16.4 Å². The van der Waals surface area contributed by atoms with Gasteiger partial charge in [0.25, 0.3) is 0 Å². The lowest BCUT2D eigenvalue weighted by molar-refractivity contribution is -0.119. The van der Waals surface area contributed by atoms with Gasteiger partial charge in [-0.2, -0.15) is 0 Å². The summed E-state index contributed by atoms with van der Waals surface area (Å²) in [5.41, 5.74) is 0.933. The summed E-state index contributed by atoms with van der Waals surface area (Å²) in [5.74, 6) is -1.05. The van der Waals surface area contributed by atoms with Gasteiger partial charge in [0.2, 0.25) is 15.9 Å². The van der Waals surface area contributed by atoms with Crippen LogP contribution in [0.1, 0.15) is 37.7 Å². The maximum Gasteiger partial charge on any atom is 0.228 e. The van der Waals surface area contributed by atoms with E-state index in [0.29, 0.717) is 30.5 Å². The van der Waals surface area contributed by atoms with Crippen molar-refractivity contribution < 1.29 is 22.7 Å². The molecule has 1 saturated carbocycles. The van der Waals surface area contributed by atoms with Crippen LogP contribution in [-0.2, 0) is 14.8 Å². The van der Waals surface area contributed by atoms with Crippen LogP contribution in [0.5, 0.6) is 0 Å². The summed E-state index contributed by atoms with van der Waals surface area (Å²) >= 11 is 0. The number of hydrogen-bond donors (Lipinski definition) is 2. The van der Waals surface area contributed by atoms with E-state index in [4.69, 9.17) is 0 Å². The Morgan fingerprint density at radius 3 is 2.69 bits per heavy atom. The van der Waals surface area contributed by atoms with Crippen molar-refractivity contribution in [1.29, 1.82) is 0 Å². The van der Waals surface area contributed by atoms with E-state index < -0.39 is 27.3 Å². The molecule has 0 bridgehead atoms. The lowest BCUT2D eigenvalue weighted by Crippen LogP contribution is -2.45. The lowest BCUT2D eigenvalue weighted by atomic mass is 9.97. The number of sulfonamides is 1. The molecule has 0 aromatic heterocycles. The van der Waals surface area contributed by atoms with Gasteiger partial charge < -0.3 is 10.4 Å². The highest BCUT2D eigenvalue weighted by Crippen LogP contribution is 2.30. The Kier molecular flexibility index (Phi) is 5.64. The van der Waals surface area contributed by atoms with Crippen molar-refractivity contribution in [3.8, 4) is 0 Å². The molecular weight excluding hydrogens is 359 g/mol. The van der Waals surface area contributed by atoms with E-state index in [1.807, 2.05) is 0 Å². The second-order valence-corrected chi connectivity index (χ2v) is 9.38. The molecule has 3 rings (SSSR count). The van der Waals surface area contributed by atoms with Crippen LogP contribution in [0.3, 0.4) is 0 Å². The van der Waals surface area contributed by atoms with Crippen LogP contribution in [0.25, 0.3) is 0 Å². The minimum Gasteiger partial charge on any atom is -0.392 e. The number of hydrogen-bond acceptors (Lipinski definition) is 4. The number of anilines is 1. The summed E-state index contributed by atoms with van der Waals surface area (Å²) in [4.78, 5) is 12.4. The maximum absolute atomic E-state index is 13.3. The SMILES string of the molecule is Cc1cc(NC(=O)[C@H]2CCN(S(=O)(=O)C3CCCCC3O)C2)ccc1F. The second kappa shape index (κ2) is 7.62. The Morgan fingerprint density at radius 1 is 1.27 bits per heavy atom. The molecule has 144 valence electrons. The van der Waals surface area contributed by atoms with Crippen LogP contribution in [0.15, 0.2) is 18.2 Å². The third kappa shape index (κ3) is 3.92. The topological polar surface area (TPSA) is 86.7 Å². The van der Waals surface area contributed by atoms with E-state index in [1.54, 1.807) is 13.0 Å². The lowest BCUT2D eigenvalue weighted by Gasteiger charge is -2.30. The number of carbonyl (C=O) groups is 1. The Bertz CT molecular complexity index is 783. The number of aliphatic hydroxyl groups is 1. The number of nitrogens with one attached hydrogen (secondary N) is 1. The van der Waals surface area contributed by atoms with Gasteiger partial charge in [0.1, 0.15) is 11.1 Å².